The molecule has 0 bridgehead atoms. The van der Waals surface area contributed by atoms with Crippen molar-refractivity contribution in [3.8, 4) is 33.1 Å². The Morgan fingerprint density at radius 1 is 1.11 bits per heavy atom. The summed E-state index contributed by atoms with van der Waals surface area (Å²) in [6, 6.07) is 18.2. The van der Waals surface area contributed by atoms with E-state index in [0.717, 1.165) is 33.1 Å². The molecule has 0 aliphatic heterocycles. The van der Waals surface area contributed by atoms with E-state index in [1.54, 1.807) is 30.4 Å². The minimum atomic E-state index is -0.842. The van der Waals surface area contributed by atoms with E-state index in [4.69, 9.17) is 14.6 Å². The highest BCUT2D eigenvalue weighted by atomic mass is 32.1. The molecule has 6 heteroatoms. The van der Waals surface area contributed by atoms with Crippen LogP contribution < -0.4 is 9.47 Å². The highest BCUT2D eigenvalue weighted by Crippen LogP contribution is 2.37. The van der Waals surface area contributed by atoms with Crippen molar-refractivity contribution < 1.29 is 19.4 Å². The number of likely N-dealkylation sites (N-methyl/N-ethyl adjacent to an activating group) is 1. The van der Waals surface area contributed by atoms with Crippen LogP contribution in [0.3, 0.4) is 0 Å². The van der Waals surface area contributed by atoms with Crippen molar-refractivity contribution in [2.45, 2.75) is 0 Å². The smallest absolute Gasteiger partial charge is 0.317 e. The number of rotatable bonds is 9. The first-order valence-corrected chi connectivity index (χ1v) is 9.80. The predicted molar refractivity (Wildman–Crippen MR) is 112 cm³/mol. The summed E-state index contributed by atoms with van der Waals surface area (Å²) in [5.41, 5.74) is 3.23. The molecule has 0 aliphatic carbocycles. The quantitative estimate of drug-likeness (QED) is 0.577. The highest BCUT2D eigenvalue weighted by molar-refractivity contribution is 7.13. The van der Waals surface area contributed by atoms with Crippen molar-refractivity contribution in [3.05, 3.63) is 60.0 Å². The molecular weight excluding hydrogens is 374 g/mol. The van der Waals surface area contributed by atoms with Crippen LogP contribution in [0.15, 0.2) is 60.0 Å². The monoisotopic (exact) mass is 397 g/mol. The van der Waals surface area contributed by atoms with Gasteiger partial charge in [0, 0.05) is 17.0 Å². The Bertz CT molecular complexity index is 907. The molecule has 1 aromatic heterocycles. The molecule has 28 heavy (non-hydrogen) atoms. The van der Waals surface area contributed by atoms with E-state index in [-0.39, 0.29) is 6.54 Å². The molecule has 146 valence electrons. The zero-order chi connectivity index (χ0) is 19.9. The second-order valence-electron chi connectivity index (χ2n) is 6.40. The summed E-state index contributed by atoms with van der Waals surface area (Å²) in [5.74, 6) is 0.779. The van der Waals surface area contributed by atoms with Gasteiger partial charge in [0.05, 0.1) is 13.7 Å². The van der Waals surface area contributed by atoms with E-state index in [0.29, 0.717) is 13.2 Å². The molecule has 0 fully saturated rings. The van der Waals surface area contributed by atoms with Crippen LogP contribution in [0.5, 0.6) is 11.5 Å². The van der Waals surface area contributed by atoms with Gasteiger partial charge in [-0.05, 0) is 53.9 Å². The third-order valence-corrected chi connectivity index (χ3v) is 5.23. The predicted octanol–water partition coefficient (Wildman–Crippen LogP) is 4.49. The number of carbonyl (C=O) groups is 1. The number of thiophene rings is 1. The van der Waals surface area contributed by atoms with E-state index in [2.05, 4.69) is 12.1 Å². The van der Waals surface area contributed by atoms with Crippen molar-refractivity contribution in [3.63, 3.8) is 0 Å². The lowest BCUT2D eigenvalue weighted by molar-refractivity contribution is -0.138. The number of aliphatic carboxylic acids is 1. The number of methoxy groups -OCH3 is 1. The number of hydrogen-bond acceptors (Lipinski definition) is 5. The van der Waals surface area contributed by atoms with Gasteiger partial charge in [-0.2, -0.15) is 0 Å². The average molecular weight is 397 g/mol. The van der Waals surface area contributed by atoms with Gasteiger partial charge in [-0.1, -0.05) is 24.3 Å². The van der Waals surface area contributed by atoms with Crippen molar-refractivity contribution in [1.82, 2.24) is 4.90 Å². The first-order chi connectivity index (χ1) is 13.6. The maximum Gasteiger partial charge on any atom is 0.317 e. The van der Waals surface area contributed by atoms with Gasteiger partial charge in [0.25, 0.3) is 0 Å². The molecule has 3 rings (SSSR count). The van der Waals surface area contributed by atoms with Crippen molar-refractivity contribution in [2.24, 2.45) is 0 Å². The molecule has 0 unspecified atom stereocenters. The summed E-state index contributed by atoms with van der Waals surface area (Å²) in [4.78, 5) is 13.6. The minimum Gasteiger partial charge on any atom is -0.497 e. The Labute approximate surface area is 168 Å². The van der Waals surface area contributed by atoms with Gasteiger partial charge in [0.2, 0.25) is 0 Å². The van der Waals surface area contributed by atoms with E-state index < -0.39 is 5.97 Å². The molecular formula is C22H23NO4S. The number of carboxylic acid groups (broad SMARTS) is 1. The molecule has 0 aliphatic rings. The third kappa shape index (κ3) is 5.12. The highest BCUT2D eigenvalue weighted by Gasteiger charge is 2.11. The summed E-state index contributed by atoms with van der Waals surface area (Å²) in [6.45, 7) is 0.956. The molecule has 0 saturated heterocycles. The standard InChI is InChI=1S/C22H23NO4S/c1-23(15-22(24)25)11-12-27-20-10-7-17(14-19(20)21-4-3-13-28-21)16-5-8-18(26-2)9-6-16/h3-10,13-14H,11-12,15H2,1-2H3,(H,24,25). The van der Waals surface area contributed by atoms with Gasteiger partial charge in [0.1, 0.15) is 18.1 Å². The largest absolute Gasteiger partial charge is 0.497 e. The van der Waals surface area contributed by atoms with Crippen LogP contribution in [0.25, 0.3) is 21.6 Å². The number of carboxylic acids is 1. The molecule has 1 N–H and O–H groups in total. The van der Waals surface area contributed by atoms with Gasteiger partial charge >= 0.3 is 5.97 Å². The van der Waals surface area contributed by atoms with E-state index in [1.807, 2.05) is 47.8 Å². The minimum absolute atomic E-state index is 0.00243. The van der Waals surface area contributed by atoms with Crippen LogP contribution in [0, 0.1) is 0 Å². The number of benzene rings is 2. The van der Waals surface area contributed by atoms with Gasteiger partial charge in [-0.15, -0.1) is 11.3 Å². The average Bonchev–Trinajstić information content (AvgIpc) is 3.22. The topological polar surface area (TPSA) is 59.0 Å². The summed E-state index contributed by atoms with van der Waals surface area (Å²) >= 11 is 1.66. The summed E-state index contributed by atoms with van der Waals surface area (Å²) in [6.07, 6.45) is 0. The molecule has 0 radical (unpaired) electrons. The Hall–Kier alpha value is -2.83. The normalized spacial score (nSPS) is 10.8. The van der Waals surface area contributed by atoms with Crippen LogP contribution in [-0.2, 0) is 4.79 Å². The molecule has 0 saturated carbocycles. The van der Waals surface area contributed by atoms with Gasteiger partial charge < -0.3 is 14.6 Å². The molecule has 0 amide bonds. The van der Waals surface area contributed by atoms with E-state index >= 15 is 0 Å². The van der Waals surface area contributed by atoms with Crippen molar-refractivity contribution in [2.75, 3.05) is 33.9 Å². The third-order valence-electron chi connectivity index (χ3n) is 4.33. The summed E-state index contributed by atoms with van der Waals surface area (Å²) in [7, 11) is 3.42. The van der Waals surface area contributed by atoms with E-state index in [1.165, 1.54) is 0 Å². The first kappa shape index (κ1) is 19.9. The molecule has 3 aromatic rings. The first-order valence-electron chi connectivity index (χ1n) is 8.92. The Morgan fingerprint density at radius 3 is 2.50 bits per heavy atom. The van der Waals surface area contributed by atoms with Gasteiger partial charge in [-0.3, -0.25) is 9.69 Å². The van der Waals surface area contributed by atoms with Crippen molar-refractivity contribution >= 4 is 17.3 Å². The molecule has 2 aromatic carbocycles. The number of hydrogen-bond donors (Lipinski definition) is 1. The molecule has 5 nitrogen and oxygen atoms in total. The van der Waals surface area contributed by atoms with Gasteiger partial charge in [0.15, 0.2) is 0 Å². The summed E-state index contributed by atoms with van der Waals surface area (Å²) < 4.78 is 11.2. The fourth-order valence-electron chi connectivity index (χ4n) is 2.86. The maximum atomic E-state index is 10.8. The van der Waals surface area contributed by atoms with Crippen LogP contribution in [0.1, 0.15) is 0 Å². The van der Waals surface area contributed by atoms with Crippen LogP contribution in [0.4, 0.5) is 0 Å². The molecule has 1 heterocycles. The Balaban J connectivity index is 1.81. The lowest BCUT2D eigenvalue weighted by atomic mass is 10.0. The number of nitrogens with zero attached hydrogens (tertiary/aromatic N) is 1. The lowest BCUT2D eigenvalue weighted by Gasteiger charge is -2.16. The van der Waals surface area contributed by atoms with Crippen LogP contribution in [-0.4, -0.2) is 49.8 Å². The maximum absolute atomic E-state index is 10.8. The zero-order valence-corrected chi connectivity index (χ0v) is 16.7. The number of ether oxygens (including phenoxy) is 2. The Morgan fingerprint density at radius 2 is 1.86 bits per heavy atom. The second kappa shape index (κ2) is 9.39. The molecule has 0 atom stereocenters. The molecule has 0 spiro atoms. The van der Waals surface area contributed by atoms with Crippen LogP contribution in [0.2, 0.25) is 0 Å². The summed E-state index contributed by atoms with van der Waals surface area (Å²) in [5, 5.41) is 10.9. The lowest BCUT2D eigenvalue weighted by Crippen LogP contribution is -2.29. The van der Waals surface area contributed by atoms with E-state index in [9.17, 15) is 4.79 Å². The van der Waals surface area contributed by atoms with Gasteiger partial charge in [-0.25, -0.2) is 0 Å². The zero-order valence-electron chi connectivity index (χ0n) is 15.9. The van der Waals surface area contributed by atoms with Crippen LogP contribution >= 0.6 is 11.3 Å². The second-order valence-corrected chi connectivity index (χ2v) is 7.34. The Kier molecular flexibility index (Phi) is 6.68. The SMILES string of the molecule is COc1ccc(-c2ccc(OCCN(C)CC(=O)O)c(-c3cccs3)c2)cc1. The fraction of sp³-hybridized carbons (Fsp3) is 0.227. The van der Waals surface area contributed by atoms with Crippen molar-refractivity contribution in [1.29, 1.82) is 0 Å². The fourth-order valence-corrected chi connectivity index (χ4v) is 3.61.